The van der Waals surface area contributed by atoms with Gasteiger partial charge in [0.15, 0.2) is 5.78 Å². The zero-order valence-corrected chi connectivity index (χ0v) is 6.89. The van der Waals surface area contributed by atoms with Crippen LogP contribution in [-0.4, -0.2) is 11.6 Å². The van der Waals surface area contributed by atoms with Crippen LogP contribution in [0.5, 0.6) is 0 Å². The lowest BCUT2D eigenvalue weighted by molar-refractivity contribution is -0.137. The smallest absolute Gasteiger partial charge is 0.200 e. The number of hydrogen-bond donors (Lipinski definition) is 0. The van der Waals surface area contributed by atoms with E-state index in [1.54, 1.807) is 6.92 Å². The Balaban J connectivity index is 3.85. The molecule has 0 radical (unpaired) electrons. The first-order valence-corrected chi connectivity index (χ1v) is 3.57. The fourth-order valence-corrected chi connectivity index (χ4v) is 0.778. The summed E-state index contributed by atoms with van der Waals surface area (Å²) in [6.45, 7) is 3.01. The minimum absolute atomic E-state index is 0.219. The molecule has 0 saturated heterocycles. The van der Waals surface area contributed by atoms with Gasteiger partial charge in [-0.05, 0) is 6.42 Å². The standard InChI is InChI=1S/C9H12O2/c1-4-5-6-7(2)9(11)8(3)10/h1,7H,5-6H2,2-3H3. The molecule has 0 rings (SSSR count). The lowest BCUT2D eigenvalue weighted by atomic mass is 9.98. The van der Waals surface area contributed by atoms with Crippen LogP contribution in [0.1, 0.15) is 26.7 Å². The van der Waals surface area contributed by atoms with Gasteiger partial charge in [0, 0.05) is 19.3 Å². The molecule has 0 aliphatic heterocycles. The molecule has 0 bridgehead atoms. The maximum atomic E-state index is 10.9. The maximum absolute atomic E-state index is 10.9. The summed E-state index contributed by atoms with van der Waals surface area (Å²) in [5, 5.41) is 0. The molecule has 0 amide bonds. The van der Waals surface area contributed by atoms with Gasteiger partial charge < -0.3 is 0 Å². The molecule has 0 heterocycles. The molecule has 0 saturated carbocycles. The molecule has 0 aliphatic carbocycles. The Morgan fingerprint density at radius 2 is 2.09 bits per heavy atom. The summed E-state index contributed by atoms with van der Waals surface area (Å²) in [4.78, 5) is 21.5. The summed E-state index contributed by atoms with van der Waals surface area (Å²) in [5.41, 5.74) is 0. The van der Waals surface area contributed by atoms with Gasteiger partial charge in [0.2, 0.25) is 5.78 Å². The van der Waals surface area contributed by atoms with Gasteiger partial charge >= 0.3 is 0 Å². The van der Waals surface area contributed by atoms with E-state index in [1.807, 2.05) is 0 Å². The maximum Gasteiger partial charge on any atom is 0.200 e. The molecule has 1 atom stereocenters. The predicted octanol–water partition coefficient (Wildman–Crippen LogP) is 1.19. The van der Waals surface area contributed by atoms with Crippen LogP contribution in [0.15, 0.2) is 0 Å². The summed E-state index contributed by atoms with van der Waals surface area (Å²) >= 11 is 0. The number of terminal acetylenes is 1. The highest BCUT2D eigenvalue weighted by molar-refractivity contribution is 6.36. The Morgan fingerprint density at radius 1 is 1.55 bits per heavy atom. The second-order valence-electron chi connectivity index (χ2n) is 2.56. The molecular formula is C9H12O2. The molecule has 0 aromatic carbocycles. The Kier molecular flexibility index (Phi) is 4.21. The second kappa shape index (κ2) is 4.68. The van der Waals surface area contributed by atoms with Crippen molar-refractivity contribution in [2.75, 3.05) is 0 Å². The van der Waals surface area contributed by atoms with Crippen LogP contribution in [0.2, 0.25) is 0 Å². The van der Waals surface area contributed by atoms with E-state index in [1.165, 1.54) is 6.92 Å². The van der Waals surface area contributed by atoms with Crippen molar-refractivity contribution in [3.63, 3.8) is 0 Å². The lowest BCUT2D eigenvalue weighted by Crippen LogP contribution is -2.18. The van der Waals surface area contributed by atoms with E-state index in [4.69, 9.17) is 6.42 Å². The van der Waals surface area contributed by atoms with Crippen LogP contribution in [0.25, 0.3) is 0 Å². The fraction of sp³-hybridized carbons (Fsp3) is 0.556. The number of Topliss-reactive ketones (excluding diaryl/α,β-unsaturated/α-hetero) is 2. The van der Waals surface area contributed by atoms with E-state index >= 15 is 0 Å². The number of hydrogen-bond acceptors (Lipinski definition) is 2. The van der Waals surface area contributed by atoms with Crippen molar-refractivity contribution in [1.82, 2.24) is 0 Å². The van der Waals surface area contributed by atoms with Gasteiger partial charge in [-0.25, -0.2) is 0 Å². The van der Waals surface area contributed by atoms with Crippen molar-refractivity contribution >= 4 is 11.6 Å². The number of carbonyl (C=O) groups excluding carboxylic acids is 2. The van der Waals surface area contributed by atoms with E-state index in [0.29, 0.717) is 12.8 Å². The molecule has 1 unspecified atom stereocenters. The van der Waals surface area contributed by atoms with Gasteiger partial charge in [-0.2, -0.15) is 0 Å². The highest BCUT2D eigenvalue weighted by Crippen LogP contribution is 2.06. The quantitative estimate of drug-likeness (QED) is 0.448. The third-order valence-electron chi connectivity index (χ3n) is 1.52. The van der Waals surface area contributed by atoms with Gasteiger partial charge in [-0.15, -0.1) is 12.3 Å². The number of ketones is 2. The summed E-state index contributed by atoms with van der Waals surface area (Å²) in [6, 6.07) is 0. The Bertz CT molecular complexity index is 198. The fourth-order valence-electron chi connectivity index (χ4n) is 0.778. The molecule has 0 aromatic rings. The molecule has 0 spiro atoms. The predicted molar refractivity (Wildman–Crippen MR) is 42.9 cm³/mol. The molecule has 2 nitrogen and oxygen atoms in total. The summed E-state index contributed by atoms with van der Waals surface area (Å²) < 4.78 is 0. The molecular weight excluding hydrogens is 140 g/mol. The van der Waals surface area contributed by atoms with E-state index < -0.39 is 0 Å². The van der Waals surface area contributed by atoms with E-state index in [0.717, 1.165) is 0 Å². The highest BCUT2D eigenvalue weighted by Gasteiger charge is 2.15. The number of carbonyl (C=O) groups is 2. The van der Waals surface area contributed by atoms with E-state index in [-0.39, 0.29) is 17.5 Å². The Labute approximate surface area is 67.0 Å². The van der Waals surface area contributed by atoms with Crippen molar-refractivity contribution in [2.24, 2.45) is 5.92 Å². The molecule has 0 N–H and O–H groups in total. The van der Waals surface area contributed by atoms with E-state index in [2.05, 4.69) is 5.92 Å². The summed E-state index contributed by atoms with van der Waals surface area (Å²) in [7, 11) is 0. The lowest BCUT2D eigenvalue weighted by Gasteiger charge is -2.03. The van der Waals surface area contributed by atoms with Crippen molar-refractivity contribution in [3.8, 4) is 12.3 Å². The summed E-state index contributed by atoms with van der Waals surface area (Å²) in [6.07, 6.45) is 6.17. The molecule has 0 aliphatic rings. The highest BCUT2D eigenvalue weighted by atomic mass is 16.2. The zero-order chi connectivity index (χ0) is 8.85. The van der Waals surface area contributed by atoms with Crippen molar-refractivity contribution in [1.29, 1.82) is 0 Å². The Morgan fingerprint density at radius 3 is 2.45 bits per heavy atom. The zero-order valence-electron chi connectivity index (χ0n) is 6.89. The van der Waals surface area contributed by atoms with Crippen molar-refractivity contribution < 1.29 is 9.59 Å². The third kappa shape index (κ3) is 3.57. The van der Waals surface area contributed by atoms with E-state index in [9.17, 15) is 9.59 Å². The normalized spacial score (nSPS) is 11.7. The second-order valence-corrected chi connectivity index (χ2v) is 2.56. The van der Waals surface area contributed by atoms with Crippen LogP contribution in [0.3, 0.4) is 0 Å². The van der Waals surface area contributed by atoms with Crippen LogP contribution in [0.4, 0.5) is 0 Å². The molecule has 2 heteroatoms. The average molecular weight is 152 g/mol. The molecule has 60 valence electrons. The minimum Gasteiger partial charge on any atom is -0.291 e. The van der Waals surface area contributed by atoms with Crippen molar-refractivity contribution in [3.05, 3.63) is 0 Å². The van der Waals surface area contributed by atoms with Gasteiger partial charge in [0.25, 0.3) is 0 Å². The van der Waals surface area contributed by atoms with Gasteiger partial charge in [0.05, 0.1) is 0 Å². The van der Waals surface area contributed by atoms with Gasteiger partial charge in [0.1, 0.15) is 0 Å². The monoisotopic (exact) mass is 152 g/mol. The number of rotatable bonds is 4. The van der Waals surface area contributed by atoms with Gasteiger partial charge in [-0.3, -0.25) is 9.59 Å². The topological polar surface area (TPSA) is 34.1 Å². The van der Waals surface area contributed by atoms with Crippen molar-refractivity contribution in [2.45, 2.75) is 26.7 Å². The van der Waals surface area contributed by atoms with Crippen LogP contribution >= 0.6 is 0 Å². The minimum atomic E-state index is -0.380. The first kappa shape index (κ1) is 9.90. The molecule has 0 aromatic heterocycles. The average Bonchev–Trinajstić information content (AvgIpc) is 1.98. The first-order chi connectivity index (χ1) is 5.09. The first-order valence-electron chi connectivity index (χ1n) is 3.57. The Hall–Kier alpha value is -1.10. The SMILES string of the molecule is C#CCCC(C)C(=O)C(C)=O. The summed E-state index contributed by atoms with van der Waals surface area (Å²) in [5.74, 6) is 1.51. The van der Waals surface area contributed by atoms with Crippen LogP contribution in [-0.2, 0) is 9.59 Å². The largest absolute Gasteiger partial charge is 0.291 e. The molecule has 11 heavy (non-hydrogen) atoms. The van der Waals surface area contributed by atoms with Crippen LogP contribution in [0, 0.1) is 18.3 Å². The molecule has 0 fully saturated rings. The van der Waals surface area contributed by atoms with Gasteiger partial charge in [-0.1, -0.05) is 6.92 Å². The third-order valence-corrected chi connectivity index (χ3v) is 1.52. The van der Waals surface area contributed by atoms with Crippen LogP contribution < -0.4 is 0 Å².